The van der Waals surface area contributed by atoms with Gasteiger partial charge in [0.15, 0.2) is 6.10 Å². The third kappa shape index (κ3) is 4.29. The highest BCUT2D eigenvalue weighted by Gasteiger charge is 2.25. The number of anilines is 2. The van der Waals surface area contributed by atoms with E-state index in [0.29, 0.717) is 17.1 Å². The number of hydrogen-bond acceptors (Lipinski definition) is 5. The van der Waals surface area contributed by atoms with Crippen molar-refractivity contribution in [2.45, 2.75) is 30.9 Å². The summed E-state index contributed by atoms with van der Waals surface area (Å²) in [5, 5.41) is 5.23. The van der Waals surface area contributed by atoms with Gasteiger partial charge < -0.3 is 15.4 Å². The van der Waals surface area contributed by atoms with Gasteiger partial charge in [-0.15, -0.1) is 0 Å². The van der Waals surface area contributed by atoms with Crippen molar-refractivity contribution in [3.05, 3.63) is 48.3 Å². The highest BCUT2D eigenvalue weighted by atomic mass is 32.2. The van der Waals surface area contributed by atoms with Crippen LogP contribution in [0.15, 0.2) is 47.4 Å². The second-order valence-electron chi connectivity index (χ2n) is 6.25. The van der Waals surface area contributed by atoms with E-state index in [9.17, 15) is 22.4 Å². The Labute approximate surface area is 161 Å². The maximum absolute atomic E-state index is 13.0. The Balaban J connectivity index is 1.68. The SMILES string of the molecule is C[C@H](NS(=O)(=O)c1ccc(F)cc1)C(=O)Nc1ccc2c(c1)NC(=O)[C@H](C)O2. The molecule has 0 fully saturated rings. The lowest BCUT2D eigenvalue weighted by atomic mass is 10.2. The number of ether oxygens (including phenoxy) is 1. The zero-order valence-corrected chi connectivity index (χ0v) is 15.8. The Morgan fingerprint density at radius 2 is 1.89 bits per heavy atom. The monoisotopic (exact) mass is 407 g/mol. The lowest BCUT2D eigenvalue weighted by molar-refractivity contribution is -0.122. The molecule has 1 aliphatic rings. The first-order chi connectivity index (χ1) is 13.2. The van der Waals surface area contributed by atoms with Crippen LogP contribution >= 0.6 is 0 Å². The number of fused-ring (bicyclic) bond motifs is 1. The maximum Gasteiger partial charge on any atom is 0.265 e. The number of amides is 2. The fraction of sp³-hybridized carbons (Fsp3) is 0.222. The molecule has 3 rings (SSSR count). The van der Waals surface area contributed by atoms with Gasteiger partial charge in [0.2, 0.25) is 15.9 Å². The first-order valence-corrected chi connectivity index (χ1v) is 9.84. The van der Waals surface area contributed by atoms with Crippen LogP contribution in [0.1, 0.15) is 13.8 Å². The molecule has 2 atom stereocenters. The molecule has 2 amide bonds. The molecule has 0 spiro atoms. The van der Waals surface area contributed by atoms with Crippen LogP contribution in [0.5, 0.6) is 5.75 Å². The summed E-state index contributed by atoms with van der Waals surface area (Å²) in [5.41, 5.74) is 0.760. The van der Waals surface area contributed by atoms with Crippen molar-refractivity contribution in [2.24, 2.45) is 0 Å². The molecular weight excluding hydrogens is 389 g/mol. The molecule has 148 valence electrons. The highest BCUT2D eigenvalue weighted by molar-refractivity contribution is 7.89. The van der Waals surface area contributed by atoms with Crippen LogP contribution < -0.4 is 20.1 Å². The Hall–Kier alpha value is -2.98. The molecule has 2 aromatic carbocycles. The molecule has 3 N–H and O–H groups in total. The van der Waals surface area contributed by atoms with E-state index >= 15 is 0 Å². The van der Waals surface area contributed by atoms with Gasteiger partial charge in [-0.25, -0.2) is 12.8 Å². The minimum atomic E-state index is -4.00. The minimum absolute atomic E-state index is 0.156. The molecule has 0 saturated carbocycles. The van der Waals surface area contributed by atoms with Crippen molar-refractivity contribution < 1.29 is 27.1 Å². The largest absolute Gasteiger partial charge is 0.479 e. The molecule has 28 heavy (non-hydrogen) atoms. The van der Waals surface area contributed by atoms with Gasteiger partial charge in [0.1, 0.15) is 11.6 Å². The highest BCUT2D eigenvalue weighted by Crippen LogP contribution is 2.32. The van der Waals surface area contributed by atoms with Gasteiger partial charge in [0, 0.05) is 5.69 Å². The standard InChI is InChI=1S/C18H18FN3O5S/c1-10(22-28(25,26)14-6-3-12(19)4-7-14)17(23)20-13-5-8-16-15(9-13)21-18(24)11(2)27-16/h3-11,22H,1-2H3,(H,20,23)(H,21,24)/t10-,11-/m0/s1. The number of sulfonamides is 1. The molecule has 10 heteroatoms. The summed E-state index contributed by atoms with van der Waals surface area (Å²) >= 11 is 0. The summed E-state index contributed by atoms with van der Waals surface area (Å²) in [5.74, 6) is -1.02. The smallest absolute Gasteiger partial charge is 0.265 e. The molecule has 1 aliphatic heterocycles. The van der Waals surface area contributed by atoms with Crippen LogP contribution in [0.2, 0.25) is 0 Å². The molecule has 0 saturated heterocycles. The van der Waals surface area contributed by atoms with E-state index in [1.165, 1.54) is 13.0 Å². The minimum Gasteiger partial charge on any atom is -0.479 e. The van der Waals surface area contributed by atoms with Crippen LogP contribution in [0, 0.1) is 5.82 Å². The van der Waals surface area contributed by atoms with Gasteiger partial charge >= 0.3 is 0 Å². The van der Waals surface area contributed by atoms with E-state index in [1.54, 1.807) is 19.1 Å². The van der Waals surface area contributed by atoms with E-state index in [0.717, 1.165) is 24.3 Å². The first kappa shape index (κ1) is 19.8. The Bertz CT molecular complexity index is 1020. The molecule has 8 nitrogen and oxygen atoms in total. The van der Waals surface area contributed by atoms with Crippen LogP contribution in [0.3, 0.4) is 0 Å². The number of nitrogens with one attached hydrogen (secondary N) is 3. The quantitative estimate of drug-likeness (QED) is 0.700. The molecule has 0 radical (unpaired) electrons. The number of carbonyl (C=O) groups is 2. The maximum atomic E-state index is 13.0. The summed E-state index contributed by atoms with van der Waals surface area (Å²) in [7, 11) is -4.00. The summed E-state index contributed by atoms with van der Waals surface area (Å²) in [6.45, 7) is 2.99. The van der Waals surface area contributed by atoms with Gasteiger partial charge in [-0.2, -0.15) is 4.72 Å². The van der Waals surface area contributed by atoms with Gasteiger partial charge in [-0.05, 0) is 56.3 Å². The molecule has 0 unspecified atom stereocenters. The number of halogens is 1. The summed E-state index contributed by atoms with van der Waals surface area (Å²) in [4.78, 5) is 23.9. The average Bonchev–Trinajstić information content (AvgIpc) is 2.63. The topological polar surface area (TPSA) is 114 Å². The second-order valence-corrected chi connectivity index (χ2v) is 7.96. The molecule has 0 aromatic heterocycles. The summed E-state index contributed by atoms with van der Waals surface area (Å²) in [6.07, 6.45) is -0.617. The Morgan fingerprint density at radius 1 is 1.21 bits per heavy atom. The van der Waals surface area contributed by atoms with Crippen molar-refractivity contribution in [3.63, 3.8) is 0 Å². The summed E-state index contributed by atoms with van der Waals surface area (Å²) in [6, 6.07) is 7.82. The number of benzene rings is 2. The van der Waals surface area contributed by atoms with Crippen molar-refractivity contribution in [1.29, 1.82) is 0 Å². The zero-order valence-electron chi connectivity index (χ0n) is 15.0. The Morgan fingerprint density at radius 3 is 2.57 bits per heavy atom. The lowest BCUT2D eigenvalue weighted by Crippen LogP contribution is -2.41. The average molecular weight is 407 g/mol. The number of carbonyl (C=O) groups excluding carboxylic acids is 2. The summed E-state index contributed by atoms with van der Waals surface area (Å²) < 4.78 is 45.2. The van der Waals surface area contributed by atoms with E-state index in [2.05, 4.69) is 15.4 Å². The third-order valence-corrected chi connectivity index (χ3v) is 5.58. The van der Waals surface area contributed by atoms with Crippen molar-refractivity contribution in [1.82, 2.24) is 4.72 Å². The van der Waals surface area contributed by atoms with E-state index in [-0.39, 0.29) is 10.8 Å². The van der Waals surface area contributed by atoms with E-state index in [4.69, 9.17) is 4.74 Å². The van der Waals surface area contributed by atoms with Gasteiger partial charge in [-0.3, -0.25) is 9.59 Å². The predicted octanol–water partition coefficient (Wildman–Crippen LogP) is 1.85. The zero-order chi connectivity index (χ0) is 20.5. The fourth-order valence-corrected chi connectivity index (χ4v) is 3.71. The predicted molar refractivity (Wildman–Crippen MR) is 100.0 cm³/mol. The second kappa shape index (κ2) is 7.56. The fourth-order valence-electron chi connectivity index (χ4n) is 2.51. The van der Waals surface area contributed by atoms with Crippen LogP contribution in [0.4, 0.5) is 15.8 Å². The molecule has 0 aliphatic carbocycles. The molecule has 1 heterocycles. The third-order valence-electron chi connectivity index (χ3n) is 4.03. The van der Waals surface area contributed by atoms with Gasteiger partial charge in [0.05, 0.1) is 16.6 Å². The number of hydrogen-bond donors (Lipinski definition) is 3. The van der Waals surface area contributed by atoms with E-state index < -0.39 is 33.9 Å². The normalized spacial score (nSPS) is 17.1. The van der Waals surface area contributed by atoms with Crippen LogP contribution in [-0.2, 0) is 19.6 Å². The Kier molecular flexibility index (Phi) is 5.34. The first-order valence-electron chi connectivity index (χ1n) is 8.36. The van der Waals surface area contributed by atoms with Crippen LogP contribution in [0.25, 0.3) is 0 Å². The lowest BCUT2D eigenvalue weighted by Gasteiger charge is -2.24. The van der Waals surface area contributed by atoms with Crippen molar-refractivity contribution in [2.75, 3.05) is 10.6 Å². The van der Waals surface area contributed by atoms with E-state index in [1.807, 2.05) is 0 Å². The van der Waals surface area contributed by atoms with Gasteiger partial charge in [0.25, 0.3) is 5.91 Å². The van der Waals surface area contributed by atoms with Crippen molar-refractivity contribution >= 4 is 33.2 Å². The van der Waals surface area contributed by atoms with Gasteiger partial charge in [-0.1, -0.05) is 0 Å². The van der Waals surface area contributed by atoms with Crippen LogP contribution in [-0.4, -0.2) is 32.4 Å². The molecule has 2 aromatic rings. The molecular formula is C18H18FN3O5S. The molecule has 0 bridgehead atoms. The number of rotatable bonds is 5. The van der Waals surface area contributed by atoms with Crippen molar-refractivity contribution in [3.8, 4) is 5.75 Å².